The molecule has 0 spiro atoms. The molecule has 0 aliphatic rings. The lowest BCUT2D eigenvalue weighted by atomic mass is 10.1. The molecule has 1 N–H and O–H groups in total. The molecule has 0 aliphatic carbocycles. The minimum atomic E-state index is -1.22. The molecule has 0 amide bonds. The Hall–Kier alpha value is -1.62. The fourth-order valence-corrected chi connectivity index (χ4v) is 1.17. The number of hydrogen-bond donors (Lipinski definition) is 1. The van der Waals surface area contributed by atoms with Crippen molar-refractivity contribution in [3.8, 4) is 0 Å². The van der Waals surface area contributed by atoms with Gasteiger partial charge in [0.2, 0.25) is 6.29 Å². The van der Waals surface area contributed by atoms with Gasteiger partial charge in [-0.3, -0.25) is 0 Å². The van der Waals surface area contributed by atoms with E-state index < -0.39 is 18.2 Å². The van der Waals surface area contributed by atoms with E-state index in [1.807, 2.05) is 6.92 Å². The van der Waals surface area contributed by atoms with Crippen LogP contribution in [0, 0.1) is 0 Å². The molecule has 0 rings (SSSR count). The van der Waals surface area contributed by atoms with Crippen LogP contribution in [0.2, 0.25) is 0 Å². The summed E-state index contributed by atoms with van der Waals surface area (Å²) >= 11 is 0. The Labute approximate surface area is 107 Å². The second-order valence-corrected chi connectivity index (χ2v) is 3.89. The first-order chi connectivity index (χ1) is 8.40. The third-order valence-corrected chi connectivity index (χ3v) is 2.23. The summed E-state index contributed by atoms with van der Waals surface area (Å²) in [5.74, 6) is -1.14. The second kappa shape index (κ2) is 8.47. The van der Waals surface area contributed by atoms with Gasteiger partial charge >= 0.3 is 11.9 Å². The Morgan fingerprint density at radius 3 is 2.39 bits per heavy atom. The van der Waals surface area contributed by atoms with Gasteiger partial charge in [-0.05, 0) is 19.8 Å². The Morgan fingerprint density at radius 2 is 1.94 bits per heavy atom. The standard InChI is InChI=1S/C13H20O5/c1-5-10(17-11(14)6-2)7-8-12(15)18-13(16)9(3)4/h6,10,12,15H,2-3,5,7-8H2,1,4H3. The third-order valence-electron chi connectivity index (χ3n) is 2.23. The summed E-state index contributed by atoms with van der Waals surface area (Å²) in [6, 6.07) is 0. The second-order valence-electron chi connectivity index (χ2n) is 3.89. The predicted octanol–water partition coefficient (Wildman–Crippen LogP) is 1.71. The average molecular weight is 256 g/mol. The van der Waals surface area contributed by atoms with E-state index in [0.717, 1.165) is 6.08 Å². The molecule has 0 saturated heterocycles. The van der Waals surface area contributed by atoms with E-state index >= 15 is 0 Å². The summed E-state index contributed by atoms with van der Waals surface area (Å²) in [4.78, 5) is 22.1. The zero-order chi connectivity index (χ0) is 14.1. The summed E-state index contributed by atoms with van der Waals surface area (Å²) < 4.78 is 9.72. The largest absolute Gasteiger partial charge is 0.459 e. The van der Waals surface area contributed by atoms with E-state index in [0.29, 0.717) is 12.8 Å². The van der Waals surface area contributed by atoms with E-state index in [-0.39, 0.29) is 18.1 Å². The van der Waals surface area contributed by atoms with Gasteiger partial charge < -0.3 is 14.6 Å². The Bertz CT molecular complexity index is 321. The average Bonchev–Trinajstić information content (AvgIpc) is 2.33. The first kappa shape index (κ1) is 16.4. The Kier molecular flexibility index (Phi) is 7.71. The maximum absolute atomic E-state index is 11.1. The highest BCUT2D eigenvalue weighted by Crippen LogP contribution is 2.11. The minimum absolute atomic E-state index is 0.196. The van der Waals surface area contributed by atoms with Crippen LogP contribution in [-0.2, 0) is 19.1 Å². The van der Waals surface area contributed by atoms with Crippen molar-refractivity contribution < 1.29 is 24.2 Å². The molecule has 5 nitrogen and oxygen atoms in total. The van der Waals surface area contributed by atoms with Gasteiger partial charge in [0.05, 0.1) is 0 Å². The molecule has 18 heavy (non-hydrogen) atoms. The van der Waals surface area contributed by atoms with Crippen LogP contribution in [0.15, 0.2) is 24.8 Å². The predicted molar refractivity (Wildman–Crippen MR) is 66.5 cm³/mol. The van der Waals surface area contributed by atoms with Gasteiger partial charge in [0.1, 0.15) is 6.10 Å². The van der Waals surface area contributed by atoms with Crippen LogP contribution in [0.1, 0.15) is 33.1 Å². The van der Waals surface area contributed by atoms with Crippen molar-refractivity contribution in [1.29, 1.82) is 0 Å². The van der Waals surface area contributed by atoms with E-state index in [9.17, 15) is 14.7 Å². The van der Waals surface area contributed by atoms with Gasteiger partial charge in [-0.1, -0.05) is 20.1 Å². The lowest BCUT2D eigenvalue weighted by Crippen LogP contribution is -2.22. The van der Waals surface area contributed by atoms with Gasteiger partial charge in [0, 0.05) is 18.1 Å². The van der Waals surface area contributed by atoms with Crippen molar-refractivity contribution in [3.63, 3.8) is 0 Å². The fraction of sp³-hybridized carbons (Fsp3) is 0.538. The van der Waals surface area contributed by atoms with E-state index in [4.69, 9.17) is 9.47 Å². The lowest BCUT2D eigenvalue weighted by molar-refractivity contribution is -0.166. The molecule has 2 atom stereocenters. The molecule has 0 aromatic heterocycles. The number of rotatable bonds is 8. The first-order valence-corrected chi connectivity index (χ1v) is 5.78. The molecular weight excluding hydrogens is 236 g/mol. The van der Waals surface area contributed by atoms with Crippen molar-refractivity contribution >= 4 is 11.9 Å². The van der Waals surface area contributed by atoms with Gasteiger partial charge in [-0.2, -0.15) is 0 Å². The molecule has 0 aromatic carbocycles. The number of ether oxygens (including phenoxy) is 2. The SMILES string of the molecule is C=CC(=O)OC(CC)CCC(O)OC(=O)C(=C)C. The summed E-state index contributed by atoms with van der Waals surface area (Å²) in [5.41, 5.74) is 0.221. The van der Waals surface area contributed by atoms with Crippen LogP contribution in [0.25, 0.3) is 0 Å². The van der Waals surface area contributed by atoms with Crippen LogP contribution in [0.5, 0.6) is 0 Å². The quantitative estimate of drug-likeness (QED) is 0.406. The molecular formula is C13H20O5. The number of carbonyl (C=O) groups is 2. The number of hydrogen-bond acceptors (Lipinski definition) is 5. The lowest BCUT2D eigenvalue weighted by Gasteiger charge is -2.17. The number of aliphatic hydroxyl groups is 1. The van der Waals surface area contributed by atoms with Crippen LogP contribution in [0.3, 0.4) is 0 Å². The molecule has 102 valence electrons. The maximum Gasteiger partial charge on any atom is 0.335 e. The third kappa shape index (κ3) is 6.85. The smallest absolute Gasteiger partial charge is 0.335 e. The maximum atomic E-state index is 11.1. The summed E-state index contributed by atoms with van der Waals surface area (Å²) in [5, 5.41) is 9.46. The molecule has 0 heterocycles. The monoisotopic (exact) mass is 256 g/mol. The van der Waals surface area contributed by atoms with Crippen molar-refractivity contribution in [2.24, 2.45) is 0 Å². The minimum Gasteiger partial charge on any atom is -0.459 e. The van der Waals surface area contributed by atoms with E-state index in [1.165, 1.54) is 6.92 Å². The van der Waals surface area contributed by atoms with Crippen LogP contribution >= 0.6 is 0 Å². The molecule has 2 unspecified atom stereocenters. The molecule has 0 saturated carbocycles. The number of esters is 2. The highest BCUT2D eigenvalue weighted by molar-refractivity contribution is 5.87. The van der Waals surface area contributed by atoms with Crippen LogP contribution in [0.4, 0.5) is 0 Å². The Balaban J connectivity index is 4.04. The van der Waals surface area contributed by atoms with Gasteiger partial charge in [-0.25, -0.2) is 9.59 Å². The molecule has 5 heteroatoms. The van der Waals surface area contributed by atoms with Crippen LogP contribution < -0.4 is 0 Å². The topological polar surface area (TPSA) is 72.8 Å². The Morgan fingerprint density at radius 1 is 1.33 bits per heavy atom. The summed E-state index contributed by atoms with van der Waals surface area (Å²) in [7, 11) is 0. The van der Waals surface area contributed by atoms with Crippen molar-refractivity contribution in [3.05, 3.63) is 24.8 Å². The number of carbonyl (C=O) groups excluding carboxylic acids is 2. The van der Waals surface area contributed by atoms with E-state index in [1.54, 1.807) is 0 Å². The zero-order valence-corrected chi connectivity index (χ0v) is 10.8. The molecule has 0 fully saturated rings. The van der Waals surface area contributed by atoms with E-state index in [2.05, 4.69) is 13.2 Å². The highest BCUT2D eigenvalue weighted by atomic mass is 16.6. The molecule has 0 aliphatic heterocycles. The molecule has 0 radical (unpaired) electrons. The molecule has 0 aromatic rings. The normalized spacial score (nSPS) is 13.3. The van der Waals surface area contributed by atoms with Gasteiger partial charge in [0.15, 0.2) is 0 Å². The van der Waals surface area contributed by atoms with Crippen LogP contribution in [-0.4, -0.2) is 29.4 Å². The molecule has 0 bridgehead atoms. The summed E-state index contributed by atoms with van der Waals surface area (Å²) in [6.07, 6.45) is 0.753. The van der Waals surface area contributed by atoms with Gasteiger partial charge in [-0.15, -0.1) is 0 Å². The van der Waals surface area contributed by atoms with Crippen molar-refractivity contribution in [2.45, 2.75) is 45.5 Å². The first-order valence-electron chi connectivity index (χ1n) is 5.78. The summed E-state index contributed by atoms with van der Waals surface area (Å²) in [6.45, 7) is 10.1. The number of aliphatic hydroxyl groups excluding tert-OH is 1. The zero-order valence-electron chi connectivity index (χ0n) is 10.8. The van der Waals surface area contributed by atoms with Crippen molar-refractivity contribution in [1.82, 2.24) is 0 Å². The highest BCUT2D eigenvalue weighted by Gasteiger charge is 2.16. The van der Waals surface area contributed by atoms with Gasteiger partial charge in [0.25, 0.3) is 0 Å². The van der Waals surface area contributed by atoms with Crippen molar-refractivity contribution in [2.75, 3.05) is 0 Å². The fourth-order valence-electron chi connectivity index (χ4n) is 1.17.